The van der Waals surface area contributed by atoms with Crippen LogP contribution in [0.5, 0.6) is 0 Å². The lowest BCUT2D eigenvalue weighted by Crippen LogP contribution is -2.30. The van der Waals surface area contributed by atoms with Gasteiger partial charge in [0, 0.05) is 26.1 Å². The summed E-state index contributed by atoms with van der Waals surface area (Å²) in [5.41, 5.74) is 0. The maximum absolute atomic E-state index is 10.6. The zero-order valence-corrected chi connectivity index (χ0v) is 9.02. The van der Waals surface area contributed by atoms with Crippen molar-refractivity contribution in [3.05, 3.63) is 0 Å². The molecule has 0 radical (unpaired) electrons. The first kappa shape index (κ1) is 10.9. The van der Waals surface area contributed by atoms with Crippen molar-refractivity contribution >= 4 is 5.97 Å². The molecule has 0 aliphatic carbocycles. The molecule has 2 saturated heterocycles. The molecule has 2 atom stereocenters. The highest BCUT2D eigenvalue weighted by atomic mass is 16.5. The van der Waals surface area contributed by atoms with Crippen LogP contribution in [0.15, 0.2) is 0 Å². The predicted molar refractivity (Wildman–Crippen MR) is 55.8 cm³/mol. The van der Waals surface area contributed by atoms with Crippen LogP contribution in [0.1, 0.15) is 25.7 Å². The largest absolute Gasteiger partial charge is 0.481 e. The van der Waals surface area contributed by atoms with Crippen LogP contribution in [-0.2, 0) is 9.53 Å². The average molecular weight is 213 g/mol. The Labute approximate surface area is 90.2 Å². The zero-order valence-electron chi connectivity index (χ0n) is 9.02. The summed E-state index contributed by atoms with van der Waals surface area (Å²) in [4.78, 5) is 12.9. The monoisotopic (exact) mass is 213 g/mol. The molecular weight excluding hydrogens is 194 g/mol. The highest BCUT2D eigenvalue weighted by Crippen LogP contribution is 2.22. The third-order valence-electron chi connectivity index (χ3n) is 3.32. The maximum Gasteiger partial charge on any atom is 0.303 e. The lowest BCUT2D eigenvalue weighted by molar-refractivity contribution is -0.138. The third kappa shape index (κ3) is 3.18. The first-order valence-electron chi connectivity index (χ1n) is 5.80. The molecule has 2 heterocycles. The number of nitrogens with zero attached hydrogens (tertiary/aromatic N) is 1. The Morgan fingerprint density at radius 2 is 2.33 bits per heavy atom. The third-order valence-corrected chi connectivity index (χ3v) is 3.32. The van der Waals surface area contributed by atoms with Crippen LogP contribution in [0.4, 0.5) is 0 Å². The van der Waals surface area contributed by atoms with E-state index in [1.807, 2.05) is 0 Å². The minimum absolute atomic E-state index is 0.321. The molecule has 86 valence electrons. The number of hydrogen-bond acceptors (Lipinski definition) is 3. The van der Waals surface area contributed by atoms with E-state index in [4.69, 9.17) is 9.84 Å². The molecule has 1 N–H and O–H groups in total. The first-order valence-corrected chi connectivity index (χ1v) is 5.80. The molecule has 4 heteroatoms. The van der Waals surface area contributed by atoms with Crippen molar-refractivity contribution in [1.82, 2.24) is 4.90 Å². The lowest BCUT2D eigenvalue weighted by atomic mass is 10.1. The molecule has 2 aliphatic heterocycles. The molecular formula is C11H19NO3. The second-order valence-electron chi connectivity index (χ2n) is 4.65. The standard InChI is InChI=1S/C11H19NO3/c13-11(14)6-9-3-4-12(7-9)8-10-2-1-5-15-10/h9-10H,1-8H2,(H,13,14)/t9-,10+/m0/s1. The van der Waals surface area contributed by atoms with Gasteiger partial charge in [-0.1, -0.05) is 0 Å². The fraction of sp³-hybridized carbons (Fsp3) is 0.909. The van der Waals surface area contributed by atoms with Gasteiger partial charge in [-0.3, -0.25) is 4.79 Å². The SMILES string of the molecule is O=C(O)C[C@@H]1CCN(C[C@H]2CCCO2)C1. The molecule has 0 saturated carbocycles. The van der Waals surface area contributed by atoms with E-state index < -0.39 is 5.97 Å². The maximum atomic E-state index is 10.6. The van der Waals surface area contributed by atoms with Gasteiger partial charge < -0.3 is 14.7 Å². The van der Waals surface area contributed by atoms with Crippen molar-refractivity contribution in [2.75, 3.05) is 26.2 Å². The van der Waals surface area contributed by atoms with E-state index in [9.17, 15) is 4.79 Å². The number of hydrogen-bond donors (Lipinski definition) is 1. The van der Waals surface area contributed by atoms with Gasteiger partial charge in [-0.25, -0.2) is 0 Å². The molecule has 0 spiro atoms. The second kappa shape index (κ2) is 4.94. The molecule has 2 fully saturated rings. The van der Waals surface area contributed by atoms with Crippen LogP contribution >= 0.6 is 0 Å². The number of carbonyl (C=O) groups is 1. The molecule has 2 rings (SSSR count). The molecule has 0 bridgehead atoms. The van der Waals surface area contributed by atoms with Gasteiger partial charge >= 0.3 is 5.97 Å². The number of carboxylic acids is 1. The average Bonchev–Trinajstić information content (AvgIpc) is 2.77. The predicted octanol–water partition coefficient (Wildman–Crippen LogP) is 0.962. The van der Waals surface area contributed by atoms with Crippen LogP contribution in [-0.4, -0.2) is 48.3 Å². The minimum Gasteiger partial charge on any atom is -0.481 e. The van der Waals surface area contributed by atoms with Crippen LogP contribution in [0, 0.1) is 5.92 Å². The Kier molecular flexibility index (Phi) is 3.59. The molecule has 0 aromatic heterocycles. The fourth-order valence-electron chi connectivity index (χ4n) is 2.57. The van der Waals surface area contributed by atoms with Crippen molar-refractivity contribution in [3.63, 3.8) is 0 Å². The van der Waals surface area contributed by atoms with Crippen molar-refractivity contribution < 1.29 is 14.6 Å². The number of likely N-dealkylation sites (tertiary alicyclic amines) is 1. The summed E-state index contributed by atoms with van der Waals surface area (Å²) < 4.78 is 5.57. The summed E-state index contributed by atoms with van der Waals surface area (Å²) in [7, 11) is 0. The van der Waals surface area contributed by atoms with E-state index in [1.54, 1.807) is 0 Å². The van der Waals surface area contributed by atoms with Crippen molar-refractivity contribution in [2.24, 2.45) is 5.92 Å². The summed E-state index contributed by atoms with van der Waals surface area (Å²) in [6.07, 6.45) is 4.09. The number of carboxylic acid groups (broad SMARTS) is 1. The van der Waals surface area contributed by atoms with E-state index in [0.29, 0.717) is 18.4 Å². The van der Waals surface area contributed by atoms with Crippen LogP contribution < -0.4 is 0 Å². The Morgan fingerprint density at radius 3 is 3.00 bits per heavy atom. The van der Waals surface area contributed by atoms with Crippen LogP contribution in [0.3, 0.4) is 0 Å². The fourth-order valence-corrected chi connectivity index (χ4v) is 2.57. The topological polar surface area (TPSA) is 49.8 Å². The van der Waals surface area contributed by atoms with Crippen LogP contribution in [0.25, 0.3) is 0 Å². The molecule has 0 aromatic carbocycles. The van der Waals surface area contributed by atoms with Crippen molar-refractivity contribution in [3.8, 4) is 0 Å². The molecule has 2 aliphatic rings. The summed E-state index contributed by atoms with van der Waals surface area (Å²) in [6, 6.07) is 0. The van der Waals surface area contributed by atoms with Crippen molar-refractivity contribution in [2.45, 2.75) is 31.8 Å². The van der Waals surface area contributed by atoms with Gasteiger partial charge in [-0.05, 0) is 31.7 Å². The van der Waals surface area contributed by atoms with E-state index in [0.717, 1.165) is 32.7 Å². The Morgan fingerprint density at radius 1 is 1.47 bits per heavy atom. The van der Waals surface area contributed by atoms with Gasteiger partial charge in [-0.15, -0.1) is 0 Å². The van der Waals surface area contributed by atoms with Gasteiger partial charge in [0.2, 0.25) is 0 Å². The molecule has 15 heavy (non-hydrogen) atoms. The van der Waals surface area contributed by atoms with E-state index >= 15 is 0 Å². The highest BCUT2D eigenvalue weighted by molar-refractivity contribution is 5.67. The normalized spacial score (nSPS) is 32.3. The summed E-state index contributed by atoms with van der Waals surface area (Å²) in [5.74, 6) is -0.317. The smallest absolute Gasteiger partial charge is 0.303 e. The van der Waals surface area contributed by atoms with Gasteiger partial charge in [0.1, 0.15) is 0 Å². The van der Waals surface area contributed by atoms with E-state index in [-0.39, 0.29) is 0 Å². The quantitative estimate of drug-likeness (QED) is 0.755. The summed E-state index contributed by atoms with van der Waals surface area (Å²) in [5, 5.41) is 8.70. The molecule has 4 nitrogen and oxygen atoms in total. The highest BCUT2D eigenvalue weighted by Gasteiger charge is 2.27. The zero-order chi connectivity index (χ0) is 10.7. The van der Waals surface area contributed by atoms with E-state index in [1.165, 1.54) is 12.8 Å². The minimum atomic E-state index is -0.668. The first-order chi connectivity index (χ1) is 7.24. The Balaban J connectivity index is 1.70. The molecule has 0 amide bonds. The summed E-state index contributed by atoms with van der Waals surface area (Å²) >= 11 is 0. The van der Waals surface area contributed by atoms with Gasteiger partial charge in [0.05, 0.1) is 6.10 Å². The molecule has 0 aromatic rings. The summed E-state index contributed by atoms with van der Waals surface area (Å²) in [6.45, 7) is 3.87. The van der Waals surface area contributed by atoms with Gasteiger partial charge in [0.15, 0.2) is 0 Å². The Bertz CT molecular complexity index is 226. The number of ether oxygens (including phenoxy) is 1. The van der Waals surface area contributed by atoms with Crippen LogP contribution in [0.2, 0.25) is 0 Å². The van der Waals surface area contributed by atoms with Gasteiger partial charge in [-0.2, -0.15) is 0 Å². The molecule has 0 unspecified atom stereocenters. The number of aliphatic carboxylic acids is 1. The number of rotatable bonds is 4. The van der Waals surface area contributed by atoms with E-state index in [2.05, 4.69) is 4.90 Å². The van der Waals surface area contributed by atoms with Crippen molar-refractivity contribution in [1.29, 1.82) is 0 Å². The van der Waals surface area contributed by atoms with Gasteiger partial charge in [0.25, 0.3) is 0 Å². The lowest BCUT2D eigenvalue weighted by Gasteiger charge is -2.19. The Hall–Kier alpha value is -0.610. The second-order valence-corrected chi connectivity index (χ2v) is 4.65.